The summed E-state index contributed by atoms with van der Waals surface area (Å²) in [6.07, 6.45) is 2.95. The molecular formula is C42H35Cl3N8O4. The molecule has 4 aromatic carbocycles. The average molecular weight is 822 g/mol. The Morgan fingerprint density at radius 2 is 0.965 bits per heavy atom. The summed E-state index contributed by atoms with van der Waals surface area (Å²) in [4.78, 5) is 60.1. The third-order valence-corrected chi connectivity index (χ3v) is 9.34. The number of carbonyl (C=O) groups is 4. The first-order valence-corrected chi connectivity index (χ1v) is 18.7. The summed E-state index contributed by atoms with van der Waals surface area (Å²) < 4.78 is 0. The monoisotopic (exact) mass is 820 g/mol. The lowest BCUT2D eigenvalue weighted by molar-refractivity contribution is 0.101. The maximum atomic E-state index is 12.6. The number of hydrogen-bond acceptors (Lipinski definition) is 8. The van der Waals surface area contributed by atoms with Crippen molar-refractivity contribution < 1.29 is 19.2 Å². The van der Waals surface area contributed by atoms with Gasteiger partial charge in [0.05, 0.1) is 32.5 Å². The Morgan fingerprint density at radius 3 is 1.40 bits per heavy atom. The minimum absolute atomic E-state index is 0.279. The minimum atomic E-state index is -0.350. The lowest BCUT2D eigenvalue weighted by atomic mass is 10.2. The largest absolute Gasteiger partial charge is 0.354 e. The van der Waals surface area contributed by atoms with Crippen LogP contribution in [-0.4, -0.2) is 59.8 Å². The number of benzene rings is 4. The number of nitrogens with one attached hydrogen (secondary N) is 5. The third kappa shape index (κ3) is 11.4. The van der Waals surface area contributed by atoms with Crippen molar-refractivity contribution >= 4 is 87.0 Å². The van der Waals surface area contributed by atoms with Crippen LogP contribution in [0.1, 0.15) is 41.4 Å². The van der Waals surface area contributed by atoms with Gasteiger partial charge in [-0.25, -0.2) is 9.97 Å². The Morgan fingerprint density at radius 1 is 0.509 bits per heavy atom. The Kier molecular flexibility index (Phi) is 13.8. The molecule has 1 saturated heterocycles. The van der Waals surface area contributed by atoms with Gasteiger partial charge >= 0.3 is 0 Å². The molecule has 5 N–H and O–H groups in total. The van der Waals surface area contributed by atoms with Gasteiger partial charge in [-0.05, 0) is 84.9 Å². The summed E-state index contributed by atoms with van der Waals surface area (Å²) in [6.45, 7) is 3.62. The van der Waals surface area contributed by atoms with Crippen LogP contribution in [0.15, 0.2) is 134 Å². The Balaban J connectivity index is 0.000000196. The number of pyridine rings is 2. The fourth-order valence-electron chi connectivity index (χ4n) is 5.48. The van der Waals surface area contributed by atoms with Crippen molar-refractivity contribution in [2.24, 2.45) is 0 Å². The van der Waals surface area contributed by atoms with Crippen molar-refractivity contribution in [1.29, 1.82) is 0 Å². The van der Waals surface area contributed by atoms with E-state index >= 15 is 0 Å². The van der Waals surface area contributed by atoms with Crippen molar-refractivity contribution in [3.05, 3.63) is 171 Å². The maximum Gasteiger partial charge on any atom is 0.257 e. The highest BCUT2D eigenvalue weighted by Crippen LogP contribution is 2.28. The first-order valence-electron chi connectivity index (χ1n) is 17.6. The van der Waals surface area contributed by atoms with Gasteiger partial charge in [0.1, 0.15) is 11.0 Å². The second-order valence-corrected chi connectivity index (χ2v) is 13.7. The predicted octanol–water partition coefficient (Wildman–Crippen LogP) is 8.54. The lowest BCUT2D eigenvalue weighted by Gasteiger charge is -2.28. The average Bonchev–Trinajstić information content (AvgIpc) is 3.24. The summed E-state index contributed by atoms with van der Waals surface area (Å²) in [6, 6.07) is 34.1. The number of amides is 4. The molecule has 57 heavy (non-hydrogen) atoms. The molecular weight excluding hydrogens is 787 g/mol. The summed E-state index contributed by atoms with van der Waals surface area (Å²) in [5, 5.41) is 15.4. The number of carbonyl (C=O) groups excluding carboxylic acids is 4. The van der Waals surface area contributed by atoms with E-state index in [9.17, 15) is 19.2 Å². The molecule has 0 unspecified atom stereocenters. The van der Waals surface area contributed by atoms with Gasteiger partial charge in [0, 0.05) is 61.1 Å². The highest BCUT2D eigenvalue weighted by molar-refractivity contribution is 6.34. The van der Waals surface area contributed by atoms with E-state index in [0.717, 1.165) is 32.0 Å². The van der Waals surface area contributed by atoms with Crippen LogP contribution in [0.25, 0.3) is 0 Å². The number of piperazine rings is 1. The van der Waals surface area contributed by atoms with Crippen LogP contribution in [-0.2, 0) is 0 Å². The van der Waals surface area contributed by atoms with Crippen molar-refractivity contribution in [1.82, 2.24) is 15.3 Å². The fourth-order valence-corrected chi connectivity index (χ4v) is 5.93. The molecule has 0 radical (unpaired) electrons. The molecule has 0 aliphatic carbocycles. The molecule has 0 saturated carbocycles. The van der Waals surface area contributed by atoms with Crippen molar-refractivity contribution in [2.45, 2.75) is 0 Å². The number of nitrogens with zero attached hydrogens (tertiary/aromatic N) is 3. The molecule has 0 atom stereocenters. The van der Waals surface area contributed by atoms with Crippen molar-refractivity contribution in [3.8, 4) is 0 Å². The van der Waals surface area contributed by atoms with Crippen molar-refractivity contribution in [3.63, 3.8) is 0 Å². The predicted molar refractivity (Wildman–Crippen MR) is 226 cm³/mol. The van der Waals surface area contributed by atoms with Crippen LogP contribution in [0.5, 0.6) is 0 Å². The number of aromatic nitrogens is 2. The van der Waals surface area contributed by atoms with Crippen LogP contribution < -0.4 is 31.5 Å². The molecule has 15 heteroatoms. The van der Waals surface area contributed by atoms with Crippen LogP contribution in [0, 0.1) is 0 Å². The normalized spacial score (nSPS) is 12.0. The number of anilines is 5. The molecule has 3 heterocycles. The van der Waals surface area contributed by atoms with Gasteiger partial charge in [-0.2, -0.15) is 0 Å². The quantitative estimate of drug-likeness (QED) is 0.0909. The van der Waals surface area contributed by atoms with E-state index in [4.69, 9.17) is 34.8 Å². The van der Waals surface area contributed by atoms with Crippen LogP contribution >= 0.6 is 34.8 Å². The van der Waals surface area contributed by atoms with E-state index in [1.165, 1.54) is 12.3 Å². The van der Waals surface area contributed by atoms with Gasteiger partial charge in [0.15, 0.2) is 0 Å². The van der Waals surface area contributed by atoms with Gasteiger partial charge in [0.25, 0.3) is 23.6 Å². The van der Waals surface area contributed by atoms with Gasteiger partial charge in [-0.3, -0.25) is 19.2 Å². The summed E-state index contributed by atoms with van der Waals surface area (Å²) in [5.41, 5.74) is 3.64. The van der Waals surface area contributed by atoms with Gasteiger partial charge in [-0.15, -0.1) is 0 Å². The van der Waals surface area contributed by atoms with Crippen molar-refractivity contribution in [2.75, 3.05) is 52.3 Å². The second kappa shape index (κ2) is 19.5. The van der Waals surface area contributed by atoms with E-state index in [0.29, 0.717) is 60.2 Å². The smallest absolute Gasteiger partial charge is 0.257 e. The van der Waals surface area contributed by atoms with Crippen LogP contribution in [0.4, 0.5) is 28.6 Å². The van der Waals surface area contributed by atoms with E-state index in [2.05, 4.69) is 41.5 Å². The van der Waals surface area contributed by atoms with Gasteiger partial charge in [0.2, 0.25) is 0 Å². The highest BCUT2D eigenvalue weighted by atomic mass is 35.5. The van der Waals surface area contributed by atoms with Crippen LogP contribution in [0.3, 0.4) is 0 Å². The summed E-state index contributed by atoms with van der Waals surface area (Å²) in [5.74, 6) is -0.356. The van der Waals surface area contributed by atoms with E-state index in [1.54, 1.807) is 103 Å². The maximum absolute atomic E-state index is 12.6. The molecule has 0 spiro atoms. The number of halogens is 3. The Labute approximate surface area is 343 Å². The molecule has 12 nitrogen and oxygen atoms in total. The summed E-state index contributed by atoms with van der Waals surface area (Å²) in [7, 11) is 0. The SMILES string of the molecule is O=C(Nc1ccc(Cl)c(NC(=O)c2ccccc2)c1)c1ccc(Cl)nc1.O=C(Nc1ccc(Cl)c(NC(=O)c2ccccc2)c1)c1ccc(N2CCNCC2)nc1. The Hall–Kier alpha value is -6.31. The minimum Gasteiger partial charge on any atom is -0.354 e. The zero-order chi connectivity index (χ0) is 40.1. The second-order valence-electron chi connectivity index (χ2n) is 12.4. The lowest BCUT2D eigenvalue weighted by Crippen LogP contribution is -2.43. The molecule has 6 aromatic rings. The molecule has 288 valence electrons. The molecule has 2 aromatic heterocycles. The number of rotatable bonds is 9. The molecule has 0 bridgehead atoms. The molecule has 1 fully saturated rings. The molecule has 1 aliphatic heterocycles. The zero-order valence-electron chi connectivity index (χ0n) is 30.1. The third-order valence-electron chi connectivity index (χ3n) is 8.46. The first kappa shape index (κ1) is 40.4. The molecule has 7 rings (SSSR count). The highest BCUT2D eigenvalue weighted by Gasteiger charge is 2.15. The van der Waals surface area contributed by atoms with E-state index < -0.39 is 0 Å². The first-order chi connectivity index (χ1) is 27.6. The van der Waals surface area contributed by atoms with E-state index in [1.807, 2.05) is 18.2 Å². The van der Waals surface area contributed by atoms with Gasteiger partial charge < -0.3 is 31.5 Å². The standard InChI is InChI=1S/C23H22ClN5O2.C19H13Cl2N3O2/c24-19-8-7-18(14-20(19)28-22(30)16-4-2-1-3-5-16)27-23(31)17-6-9-21(26-15-17)29-12-10-25-11-13-29;20-15-8-7-14(23-19(26)13-6-9-17(21)22-11-13)10-16(15)24-18(25)12-4-2-1-3-5-12/h1-9,14-15,25H,10-13H2,(H,27,31)(H,28,30);1-11H,(H,23,26)(H,24,25). The van der Waals surface area contributed by atoms with E-state index in [-0.39, 0.29) is 23.6 Å². The number of hydrogen-bond donors (Lipinski definition) is 5. The summed E-state index contributed by atoms with van der Waals surface area (Å²) >= 11 is 18.1. The van der Waals surface area contributed by atoms with Crippen LogP contribution in [0.2, 0.25) is 15.2 Å². The Bertz CT molecular complexity index is 2340. The molecule has 1 aliphatic rings. The zero-order valence-corrected chi connectivity index (χ0v) is 32.4. The topological polar surface area (TPSA) is 157 Å². The molecule has 4 amide bonds. The van der Waals surface area contributed by atoms with Gasteiger partial charge in [-0.1, -0.05) is 71.2 Å². The fraction of sp³-hybridized carbons (Fsp3) is 0.0952.